The van der Waals surface area contributed by atoms with Crippen molar-refractivity contribution in [2.45, 2.75) is 206 Å². The van der Waals surface area contributed by atoms with Crippen LogP contribution < -0.4 is 0 Å². The molecule has 0 spiro atoms. The Labute approximate surface area is 241 Å². The minimum absolute atomic E-state index is 0.372. The Morgan fingerprint density at radius 3 is 0.737 bits per heavy atom. The summed E-state index contributed by atoms with van der Waals surface area (Å²) in [5, 5.41) is 8.78. The summed E-state index contributed by atoms with van der Waals surface area (Å²) in [6.07, 6.45) is 52.6. The number of hydrogen-bond acceptors (Lipinski definition) is 1. The molecule has 226 valence electrons. The topological polar surface area (TPSA) is 20.2 Å². The van der Waals surface area contributed by atoms with Crippen molar-refractivity contribution >= 4 is 0 Å². The molecule has 1 N–H and O–H groups in total. The maximum absolute atomic E-state index is 8.78. The van der Waals surface area contributed by atoms with Crippen LogP contribution in [0.1, 0.15) is 206 Å². The van der Waals surface area contributed by atoms with E-state index < -0.39 is 0 Å². The quantitative estimate of drug-likeness (QED) is 0.0658. The maximum Gasteiger partial charge on any atom is 0.0431 e. The van der Waals surface area contributed by atoms with Gasteiger partial charge in [0, 0.05) is 6.61 Å². The van der Waals surface area contributed by atoms with Gasteiger partial charge >= 0.3 is 0 Å². The van der Waals surface area contributed by atoms with Crippen molar-refractivity contribution in [1.29, 1.82) is 0 Å². The molecule has 0 amide bonds. The van der Waals surface area contributed by atoms with Crippen molar-refractivity contribution in [2.24, 2.45) is 0 Å². The monoisotopic (exact) mass is 533 g/mol. The molecule has 38 heavy (non-hydrogen) atoms. The van der Waals surface area contributed by atoms with Crippen molar-refractivity contribution in [2.75, 3.05) is 6.61 Å². The second-order valence-corrected chi connectivity index (χ2v) is 12.0. The second-order valence-electron chi connectivity index (χ2n) is 12.0. The zero-order valence-electron chi connectivity index (χ0n) is 26.4. The molecule has 0 aliphatic rings. The third-order valence-electron chi connectivity index (χ3n) is 8.09. The van der Waals surface area contributed by atoms with Crippen LogP contribution in [0.2, 0.25) is 0 Å². The van der Waals surface area contributed by atoms with Gasteiger partial charge in [-0.05, 0) is 51.4 Å². The number of rotatable bonds is 33. The van der Waals surface area contributed by atoms with Crippen molar-refractivity contribution in [3.8, 4) is 0 Å². The molecule has 0 aromatic rings. The van der Waals surface area contributed by atoms with Crippen LogP contribution in [-0.4, -0.2) is 11.7 Å². The fourth-order valence-corrected chi connectivity index (χ4v) is 5.48. The van der Waals surface area contributed by atoms with Gasteiger partial charge in [0.05, 0.1) is 0 Å². The average molecular weight is 533 g/mol. The van der Waals surface area contributed by atoms with Gasteiger partial charge in [0.2, 0.25) is 0 Å². The number of aliphatic hydroxyl groups excluding tert-OH is 1. The summed E-state index contributed by atoms with van der Waals surface area (Å²) in [6.45, 7) is 2.59. The highest BCUT2D eigenvalue weighted by Crippen LogP contribution is 2.15. The number of aliphatic hydroxyl groups is 1. The fraction of sp³-hybridized carbons (Fsp3) is 0.892. The van der Waals surface area contributed by atoms with Crippen LogP contribution in [0.5, 0.6) is 0 Å². The minimum Gasteiger partial charge on any atom is -0.396 e. The predicted octanol–water partition coefficient (Wildman–Crippen LogP) is 13.2. The molecule has 0 unspecified atom stereocenters. The van der Waals surface area contributed by atoms with E-state index in [-0.39, 0.29) is 0 Å². The molecule has 0 saturated carbocycles. The summed E-state index contributed by atoms with van der Waals surface area (Å²) in [5.74, 6) is 0. The molecular weight excluding hydrogens is 460 g/mol. The number of allylic oxidation sites excluding steroid dienone is 4. The molecule has 0 bridgehead atoms. The first kappa shape index (κ1) is 37.4. The average Bonchev–Trinajstić information content (AvgIpc) is 2.93. The van der Waals surface area contributed by atoms with E-state index in [0.717, 1.165) is 6.42 Å². The van der Waals surface area contributed by atoms with Gasteiger partial charge in [-0.15, -0.1) is 0 Å². The minimum atomic E-state index is 0.372. The highest BCUT2D eigenvalue weighted by molar-refractivity contribution is 4.81. The lowest BCUT2D eigenvalue weighted by atomic mass is 10.0. The molecular formula is C37H72O. The van der Waals surface area contributed by atoms with Crippen molar-refractivity contribution in [3.63, 3.8) is 0 Å². The Morgan fingerprint density at radius 2 is 0.500 bits per heavy atom. The first-order valence-electron chi connectivity index (χ1n) is 17.8. The van der Waals surface area contributed by atoms with E-state index in [2.05, 4.69) is 31.2 Å². The predicted molar refractivity (Wildman–Crippen MR) is 174 cm³/mol. The van der Waals surface area contributed by atoms with Crippen molar-refractivity contribution in [1.82, 2.24) is 0 Å². The highest BCUT2D eigenvalue weighted by atomic mass is 16.2. The molecule has 0 fully saturated rings. The van der Waals surface area contributed by atoms with E-state index in [0.29, 0.717) is 6.61 Å². The van der Waals surface area contributed by atoms with E-state index in [1.54, 1.807) is 0 Å². The van der Waals surface area contributed by atoms with Gasteiger partial charge in [-0.3, -0.25) is 0 Å². The lowest BCUT2D eigenvalue weighted by Crippen LogP contribution is -1.85. The standard InChI is InChI=1S/C37H72O/c1-2-3-4-5-6-7-8-9-10-11-12-13-14-15-16-17-18-19-20-21-22-23-24-25-26-27-28-29-30-31-32-33-34-35-36-37-38/h3-4,14-15,38H,2,5-13,16-37H2,1H3. The van der Waals surface area contributed by atoms with E-state index >= 15 is 0 Å². The fourth-order valence-electron chi connectivity index (χ4n) is 5.48. The highest BCUT2D eigenvalue weighted by Gasteiger charge is 1.96. The van der Waals surface area contributed by atoms with Gasteiger partial charge in [-0.25, -0.2) is 0 Å². The zero-order valence-corrected chi connectivity index (χ0v) is 26.4. The molecule has 1 nitrogen and oxygen atoms in total. The third-order valence-corrected chi connectivity index (χ3v) is 8.09. The molecule has 0 heterocycles. The lowest BCUT2D eigenvalue weighted by molar-refractivity contribution is 0.282. The van der Waals surface area contributed by atoms with Crippen LogP contribution in [0, 0.1) is 0 Å². The number of unbranched alkanes of at least 4 members (excludes halogenated alkanes) is 28. The van der Waals surface area contributed by atoms with Crippen LogP contribution in [0.4, 0.5) is 0 Å². The first-order chi connectivity index (χ1) is 18.9. The van der Waals surface area contributed by atoms with Crippen LogP contribution in [0.25, 0.3) is 0 Å². The molecule has 0 aliphatic heterocycles. The summed E-state index contributed by atoms with van der Waals surface area (Å²) >= 11 is 0. The summed E-state index contributed by atoms with van der Waals surface area (Å²) in [4.78, 5) is 0. The summed E-state index contributed by atoms with van der Waals surface area (Å²) < 4.78 is 0. The van der Waals surface area contributed by atoms with Crippen LogP contribution in [-0.2, 0) is 0 Å². The SMILES string of the molecule is CCC=CCCCCCCCCCC=CCCCCCCCCCCCCCCCCCCCCCCO. The van der Waals surface area contributed by atoms with E-state index in [1.165, 1.54) is 193 Å². The van der Waals surface area contributed by atoms with Gasteiger partial charge in [0.25, 0.3) is 0 Å². The Morgan fingerprint density at radius 1 is 0.289 bits per heavy atom. The number of hydrogen-bond donors (Lipinski definition) is 1. The lowest BCUT2D eigenvalue weighted by Gasteiger charge is -2.04. The van der Waals surface area contributed by atoms with Gasteiger partial charge in [-0.2, -0.15) is 0 Å². The van der Waals surface area contributed by atoms with Crippen LogP contribution >= 0.6 is 0 Å². The van der Waals surface area contributed by atoms with Crippen molar-refractivity contribution < 1.29 is 5.11 Å². The smallest absolute Gasteiger partial charge is 0.0431 e. The van der Waals surface area contributed by atoms with Crippen molar-refractivity contribution in [3.05, 3.63) is 24.3 Å². The van der Waals surface area contributed by atoms with Gasteiger partial charge in [-0.1, -0.05) is 179 Å². The van der Waals surface area contributed by atoms with Crippen LogP contribution in [0.3, 0.4) is 0 Å². The Balaban J connectivity index is 3.08. The van der Waals surface area contributed by atoms with E-state index in [1.807, 2.05) is 0 Å². The molecule has 0 aromatic heterocycles. The van der Waals surface area contributed by atoms with E-state index in [4.69, 9.17) is 5.11 Å². The Kier molecular flexibility index (Phi) is 35.9. The second kappa shape index (κ2) is 36.4. The van der Waals surface area contributed by atoms with E-state index in [9.17, 15) is 0 Å². The zero-order chi connectivity index (χ0) is 27.5. The normalized spacial score (nSPS) is 11.9. The summed E-state index contributed by atoms with van der Waals surface area (Å²) in [5.41, 5.74) is 0. The maximum atomic E-state index is 8.78. The van der Waals surface area contributed by atoms with Gasteiger partial charge in [0.1, 0.15) is 0 Å². The van der Waals surface area contributed by atoms with Gasteiger partial charge < -0.3 is 5.11 Å². The molecule has 0 atom stereocenters. The molecule has 1 heteroatoms. The molecule has 0 rings (SSSR count). The van der Waals surface area contributed by atoms with Gasteiger partial charge in [0.15, 0.2) is 0 Å². The Bertz CT molecular complexity index is 452. The summed E-state index contributed by atoms with van der Waals surface area (Å²) in [7, 11) is 0. The van der Waals surface area contributed by atoms with Crippen LogP contribution in [0.15, 0.2) is 24.3 Å². The molecule has 0 radical (unpaired) electrons. The Hall–Kier alpha value is -0.560. The third kappa shape index (κ3) is 35.4. The molecule has 0 aliphatic carbocycles. The first-order valence-corrected chi connectivity index (χ1v) is 17.8. The largest absolute Gasteiger partial charge is 0.396 e. The summed E-state index contributed by atoms with van der Waals surface area (Å²) in [6, 6.07) is 0. The molecule has 0 aromatic carbocycles. The molecule has 0 saturated heterocycles.